The number of benzene rings is 3. The summed E-state index contributed by atoms with van der Waals surface area (Å²) in [6.45, 7) is 0.401. The first kappa shape index (κ1) is 20.6. The highest BCUT2D eigenvalue weighted by atomic mass is 16.5. The predicted octanol–water partition coefficient (Wildman–Crippen LogP) is 3.70. The zero-order chi connectivity index (χ0) is 21.6. The van der Waals surface area contributed by atoms with Crippen LogP contribution in [0.15, 0.2) is 72.8 Å². The number of aliphatic hydroxyl groups is 1. The van der Waals surface area contributed by atoms with E-state index in [1.54, 1.807) is 24.3 Å². The maximum Gasteiger partial charge on any atom is 0.411 e. The van der Waals surface area contributed by atoms with Crippen LogP contribution in [-0.4, -0.2) is 36.9 Å². The van der Waals surface area contributed by atoms with Gasteiger partial charge in [0.2, 0.25) is 5.91 Å². The number of hydrogen-bond donors (Lipinski definition) is 3. The van der Waals surface area contributed by atoms with Gasteiger partial charge in [0.25, 0.3) is 0 Å². The van der Waals surface area contributed by atoms with Crippen molar-refractivity contribution < 1.29 is 19.4 Å². The number of nitrogens with one attached hydrogen (secondary N) is 2. The van der Waals surface area contributed by atoms with E-state index in [0.717, 1.165) is 5.56 Å². The molecule has 3 N–H and O–H groups in total. The minimum Gasteiger partial charge on any atom is -0.448 e. The molecule has 3 aromatic carbocycles. The van der Waals surface area contributed by atoms with Crippen molar-refractivity contribution in [1.82, 2.24) is 5.32 Å². The third-order valence-electron chi connectivity index (χ3n) is 5.34. The van der Waals surface area contributed by atoms with Crippen molar-refractivity contribution >= 4 is 17.7 Å². The molecule has 6 nitrogen and oxygen atoms in total. The Hall–Kier alpha value is -3.64. The molecule has 1 aliphatic rings. The van der Waals surface area contributed by atoms with E-state index in [1.807, 2.05) is 24.3 Å². The Balaban J connectivity index is 1.34. The van der Waals surface area contributed by atoms with E-state index < -0.39 is 6.09 Å². The second-order valence-corrected chi connectivity index (χ2v) is 7.40. The van der Waals surface area contributed by atoms with Gasteiger partial charge in [0.15, 0.2) is 0 Å². The van der Waals surface area contributed by atoms with Crippen LogP contribution in [0.3, 0.4) is 0 Å². The summed E-state index contributed by atoms with van der Waals surface area (Å²) in [4.78, 5) is 24.1. The largest absolute Gasteiger partial charge is 0.448 e. The van der Waals surface area contributed by atoms with E-state index in [9.17, 15) is 9.59 Å². The highest BCUT2D eigenvalue weighted by Gasteiger charge is 2.28. The van der Waals surface area contributed by atoms with E-state index in [4.69, 9.17) is 9.84 Å². The SMILES string of the molecule is O=C(Cc1ccc(NC(=O)OCC2c3ccccc3-c3ccccc32)cc1)NCCO. The van der Waals surface area contributed by atoms with Gasteiger partial charge in [-0.2, -0.15) is 0 Å². The standard InChI is InChI=1S/C25H24N2O4/c28-14-13-26-24(29)15-17-9-11-18(12-10-17)27-25(30)31-16-23-21-7-3-1-5-19(21)20-6-2-4-8-22(20)23/h1-12,23,28H,13-16H2,(H,26,29)(H,27,30). The molecule has 0 atom stereocenters. The third-order valence-corrected chi connectivity index (χ3v) is 5.34. The Morgan fingerprint density at radius 2 is 1.48 bits per heavy atom. The molecule has 0 bridgehead atoms. The van der Waals surface area contributed by atoms with Crippen LogP contribution < -0.4 is 10.6 Å². The van der Waals surface area contributed by atoms with Crippen LogP contribution in [-0.2, 0) is 16.0 Å². The predicted molar refractivity (Wildman–Crippen MR) is 119 cm³/mol. The summed E-state index contributed by atoms with van der Waals surface area (Å²) in [5.41, 5.74) is 6.11. The zero-order valence-electron chi connectivity index (χ0n) is 17.0. The number of amides is 2. The molecule has 0 unspecified atom stereocenters. The van der Waals surface area contributed by atoms with E-state index in [-0.39, 0.29) is 38.0 Å². The Morgan fingerprint density at radius 3 is 2.10 bits per heavy atom. The molecule has 0 saturated heterocycles. The summed E-state index contributed by atoms with van der Waals surface area (Å²) in [5.74, 6) is -0.149. The average molecular weight is 416 g/mol. The molecule has 0 spiro atoms. The first-order valence-electron chi connectivity index (χ1n) is 10.2. The topological polar surface area (TPSA) is 87.7 Å². The first-order valence-corrected chi connectivity index (χ1v) is 10.2. The Morgan fingerprint density at radius 1 is 0.871 bits per heavy atom. The summed E-state index contributed by atoms with van der Waals surface area (Å²) >= 11 is 0. The van der Waals surface area contributed by atoms with Gasteiger partial charge in [-0.25, -0.2) is 4.79 Å². The van der Waals surface area contributed by atoms with Crippen LogP contribution >= 0.6 is 0 Å². The molecular formula is C25H24N2O4. The van der Waals surface area contributed by atoms with E-state index in [0.29, 0.717) is 5.69 Å². The van der Waals surface area contributed by atoms with Gasteiger partial charge in [-0.3, -0.25) is 10.1 Å². The second-order valence-electron chi connectivity index (χ2n) is 7.40. The van der Waals surface area contributed by atoms with Gasteiger partial charge < -0.3 is 15.2 Å². The first-order chi connectivity index (χ1) is 15.2. The maximum absolute atomic E-state index is 12.4. The minimum atomic E-state index is -0.518. The molecule has 31 heavy (non-hydrogen) atoms. The highest BCUT2D eigenvalue weighted by Crippen LogP contribution is 2.44. The zero-order valence-corrected chi connectivity index (χ0v) is 17.0. The minimum absolute atomic E-state index is 0.0120. The number of aliphatic hydroxyl groups excluding tert-OH is 1. The van der Waals surface area contributed by atoms with Crippen molar-refractivity contribution in [1.29, 1.82) is 0 Å². The van der Waals surface area contributed by atoms with Crippen LogP contribution in [0.2, 0.25) is 0 Å². The molecule has 1 aliphatic carbocycles. The summed E-state index contributed by atoms with van der Waals surface area (Å²) in [6.07, 6.45) is -0.305. The van der Waals surface area contributed by atoms with E-state index >= 15 is 0 Å². The molecule has 6 heteroatoms. The molecule has 158 valence electrons. The van der Waals surface area contributed by atoms with Crippen molar-refractivity contribution in [2.75, 3.05) is 25.1 Å². The lowest BCUT2D eigenvalue weighted by Crippen LogP contribution is -2.27. The number of fused-ring (bicyclic) bond motifs is 3. The van der Waals surface area contributed by atoms with Crippen LogP contribution in [0.1, 0.15) is 22.6 Å². The Kier molecular flexibility index (Phi) is 6.29. The quantitative estimate of drug-likeness (QED) is 0.548. The number of carbonyl (C=O) groups is 2. The molecule has 0 aromatic heterocycles. The molecule has 2 amide bonds. The third kappa shape index (κ3) is 4.75. The molecule has 0 saturated carbocycles. The van der Waals surface area contributed by atoms with Crippen molar-refractivity contribution in [3.05, 3.63) is 89.5 Å². The Labute approximate surface area is 180 Å². The smallest absolute Gasteiger partial charge is 0.411 e. The molecule has 0 heterocycles. The molecule has 0 aliphatic heterocycles. The number of rotatable bonds is 7. The van der Waals surface area contributed by atoms with Gasteiger partial charge in [-0.1, -0.05) is 60.7 Å². The summed E-state index contributed by atoms with van der Waals surface area (Å²) in [7, 11) is 0. The fourth-order valence-electron chi connectivity index (χ4n) is 3.90. The van der Waals surface area contributed by atoms with Crippen molar-refractivity contribution in [3.63, 3.8) is 0 Å². The molecule has 4 rings (SSSR count). The van der Waals surface area contributed by atoms with Gasteiger partial charge in [0.1, 0.15) is 6.61 Å². The second kappa shape index (κ2) is 9.45. The number of hydrogen-bond acceptors (Lipinski definition) is 4. The van der Waals surface area contributed by atoms with Gasteiger partial charge in [-0.05, 0) is 39.9 Å². The van der Waals surface area contributed by atoms with Gasteiger partial charge in [-0.15, -0.1) is 0 Å². The lowest BCUT2D eigenvalue weighted by Gasteiger charge is -2.14. The van der Waals surface area contributed by atoms with Crippen molar-refractivity contribution in [3.8, 4) is 11.1 Å². The molecule has 3 aromatic rings. The summed E-state index contributed by atoms with van der Waals surface area (Å²) in [5, 5.41) is 14.1. The number of anilines is 1. The van der Waals surface area contributed by atoms with Gasteiger partial charge in [0, 0.05) is 18.2 Å². The van der Waals surface area contributed by atoms with Crippen LogP contribution in [0.25, 0.3) is 11.1 Å². The molecule has 0 radical (unpaired) electrons. The number of ether oxygens (including phenoxy) is 1. The van der Waals surface area contributed by atoms with Crippen LogP contribution in [0.4, 0.5) is 10.5 Å². The van der Waals surface area contributed by atoms with Crippen molar-refractivity contribution in [2.24, 2.45) is 0 Å². The lowest BCUT2D eigenvalue weighted by atomic mass is 9.98. The van der Waals surface area contributed by atoms with Crippen molar-refractivity contribution in [2.45, 2.75) is 12.3 Å². The van der Waals surface area contributed by atoms with Crippen LogP contribution in [0, 0.1) is 0 Å². The van der Waals surface area contributed by atoms with E-state index in [2.05, 4.69) is 34.9 Å². The van der Waals surface area contributed by atoms with Gasteiger partial charge in [0.05, 0.1) is 13.0 Å². The fraction of sp³-hybridized carbons (Fsp3) is 0.200. The molecular weight excluding hydrogens is 392 g/mol. The average Bonchev–Trinajstić information content (AvgIpc) is 3.11. The Bertz CT molecular complexity index is 1030. The maximum atomic E-state index is 12.4. The summed E-state index contributed by atoms with van der Waals surface area (Å²) in [6, 6.07) is 23.4. The fourth-order valence-corrected chi connectivity index (χ4v) is 3.90. The normalized spacial score (nSPS) is 12.0. The molecule has 0 fully saturated rings. The summed E-state index contributed by atoms with van der Waals surface area (Å²) < 4.78 is 5.54. The highest BCUT2D eigenvalue weighted by molar-refractivity contribution is 5.85. The lowest BCUT2D eigenvalue weighted by molar-refractivity contribution is -0.120. The van der Waals surface area contributed by atoms with Gasteiger partial charge >= 0.3 is 6.09 Å². The van der Waals surface area contributed by atoms with E-state index in [1.165, 1.54) is 22.3 Å². The van der Waals surface area contributed by atoms with Crippen LogP contribution in [0.5, 0.6) is 0 Å². The monoisotopic (exact) mass is 416 g/mol. The number of carbonyl (C=O) groups excluding carboxylic acids is 2.